The summed E-state index contributed by atoms with van der Waals surface area (Å²) in [6.07, 6.45) is 8.58. The summed E-state index contributed by atoms with van der Waals surface area (Å²) in [6, 6.07) is 0. The molecule has 4 unspecified atom stereocenters. The molecular weight excluding hydrogens is 1250 g/mol. The van der Waals surface area contributed by atoms with Crippen LogP contribution in [0.2, 0.25) is 0 Å². The Labute approximate surface area is 536 Å². The van der Waals surface area contributed by atoms with Gasteiger partial charge in [0.1, 0.15) is 80.9 Å². The maximum Gasteiger partial charge on any atom is 0.474 e. The number of anilines is 2. The first-order valence-electron chi connectivity index (χ1n) is 31.3. The quantitative estimate of drug-likeness (QED) is 0.0110. The number of fused-ring (bicyclic) bond motifs is 3. The number of benzene rings is 1. The van der Waals surface area contributed by atoms with Crippen molar-refractivity contribution in [2.24, 2.45) is 17.8 Å². The molecule has 3 aliphatic rings. The van der Waals surface area contributed by atoms with E-state index in [1.165, 1.54) is 74.2 Å². The van der Waals surface area contributed by atoms with E-state index in [0.29, 0.717) is 36.5 Å². The van der Waals surface area contributed by atoms with Crippen LogP contribution in [0.1, 0.15) is 146 Å². The number of ether oxygens (including phenoxy) is 7. The molecule has 3 aliphatic heterocycles. The molecule has 1 aromatic carbocycles. The number of nitrogens with two attached hydrogens (primary N) is 2. The normalized spacial score (nSPS) is 23.5. The number of H-pyrrole nitrogens is 2. The minimum atomic E-state index is -4.96. The van der Waals surface area contributed by atoms with Crippen molar-refractivity contribution in [2.75, 3.05) is 84.6 Å². The van der Waals surface area contributed by atoms with Gasteiger partial charge in [0.25, 0.3) is 0 Å². The molecule has 31 heteroatoms. The van der Waals surface area contributed by atoms with Gasteiger partial charge in [0.15, 0.2) is 11.3 Å². The zero-order valence-corrected chi connectivity index (χ0v) is 56.7. The Morgan fingerprint density at radius 2 is 1.32 bits per heavy atom. The summed E-state index contributed by atoms with van der Waals surface area (Å²) in [5.41, 5.74) is 17.5. The molecule has 504 valence electrons. The molecular formula is C59H94N10O17P2S2. The number of nitrogens with one attached hydrogen (secondary N) is 2. The molecule has 27 nitrogen and oxygen atoms in total. The number of aliphatic hydroxyl groups excluding tert-OH is 2. The average molecular weight is 1340 g/mol. The van der Waals surface area contributed by atoms with Crippen LogP contribution in [0.3, 0.4) is 0 Å². The first-order valence-corrected chi connectivity index (χ1v) is 35.0. The minimum Gasteiger partial charge on any atom is -0.491 e. The lowest BCUT2D eigenvalue weighted by Crippen LogP contribution is -2.37. The number of hydrogen-bond donors (Lipinski definition) is 7. The molecule has 0 saturated carbocycles. The second-order valence-electron chi connectivity index (χ2n) is 24.7. The van der Waals surface area contributed by atoms with E-state index in [2.05, 4.69) is 85.3 Å². The highest BCUT2D eigenvalue weighted by Gasteiger charge is 2.46. The van der Waals surface area contributed by atoms with E-state index >= 15 is 0 Å². The molecule has 2 fully saturated rings. The molecule has 90 heavy (non-hydrogen) atoms. The van der Waals surface area contributed by atoms with Gasteiger partial charge in [-0.05, 0) is 87.8 Å². The maximum absolute atomic E-state index is 14.2. The Hall–Kier alpha value is -4.10. The average Bonchev–Trinajstić information content (AvgIpc) is 1.21. The molecule has 8 rings (SSSR count). The number of aliphatic hydroxyl groups is 2. The van der Waals surface area contributed by atoms with E-state index in [1.807, 2.05) is 0 Å². The predicted octanol–water partition coefficient (Wildman–Crippen LogP) is 10.3. The Bertz CT molecular complexity index is 3370. The topological polar surface area (TPSA) is 351 Å². The molecule has 12 atom stereocenters. The fourth-order valence-electron chi connectivity index (χ4n) is 11.8. The van der Waals surface area contributed by atoms with Crippen LogP contribution < -0.4 is 20.9 Å². The summed E-state index contributed by atoms with van der Waals surface area (Å²) in [5.74, 6) is 4.30. The molecule has 4 aromatic heterocycles. The zero-order valence-electron chi connectivity index (χ0n) is 53.3. The van der Waals surface area contributed by atoms with E-state index in [0.717, 1.165) is 72.3 Å². The number of imidazole rings is 2. The lowest BCUT2D eigenvalue weighted by molar-refractivity contribution is -0.0602. The van der Waals surface area contributed by atoms with Crippen molar-refractivity contribution in [1.29, 1.82) is 0 Å². The van der Waals surface area contributed by atoms with Crippen molar-refractivity contribution in [3.05, 3.63) is 44.2 Å². The number of nitrogen functional groups attached to an aromatic ring is 2. The fraction of sp³-hybridized carbons (Fsp3) is 0.729. The molecule has 2 saturated heterocycles. The van der Waals surface area contributed by atoms with Crippen LogP contribution in [0.4, 0.5) is 11.9 Å². The van der Waals surface area contributed by atoms with Gasteiger partial charge in [0, 0.05) is 25.5 Å². The van der Waals surface area contributed by atoms with Gasteiger partial charge in [-0.2, -0.15) is 9.97 Å². The van der Waals surface area contributed by atoms with Crippen molar-refractivity contribution in [3.8, 4) is 11.5 Å². The third-order valence-corrected chi connectivity index (χ3v) is 20.1. The van der Waals surface area contributed by atoms with Gasteiger partial charge in [0.2, 0.25) is 11.9 Å². The third-order valence-electron chi connectivity index (χ3n) is 17.0. The summed E-state index contributed by atoms with van der Waals surface area (Å²) in [6.45, 7) is 17.5. The Balaban J connectivity index is 0.739. The third kappa shape index (κ3) is 19.3. The Morgan fingerprint density at radius 3 is 1.92 bits per heavy atom. The van der Waals surface area contributed by atoms with Crippen LogP contribution in [0, 0.1) is 47.8 Å². The second kappa shape index (κ2) is 32.8. The highest BCUT2D eigenvalue weighted by Crippen LogP contribution is 2.54. The standard InChI is InChI=1S/C59H94N10O17P2S2/c1-35(2)13-10-14-36(3)15-11-16-37(4)17-12-19-59(8)20-18-42-40(7)51(38(5)39(6)52(42)84-59)79-26-25-77-22-21-76-23-24-78-30-41(29-70)85-87(72,73)80-32-46-44(28-48(83-46)69-34-63-50-54(69)65-58(61)67-56(50)90)86-88(74,75-9)81-31-45-43(71)27-47(82-45)68-33-62-49-53(68)64-57(60)66-55(49)89/h33-37,41,43-48,70-71H,10-32H2,1-9H3,(H,72,73)(H3,60,64,66,89)(H3,61,65,67,90)/t36-,37-,41-,43?,44?,45-,46-,47-,48-,59-,88?/m1/s1. The smallest absolute Gasteiger partial charge is 0.474 e. The number of phosphoric ester groups is 2. The van der Waals surface area contributed by atoms with Gasteiger partial charge in [-0.1, -0.05) is 97.1 Å². The Morgan fingerprint density at radius 1 is 0.767 bits per heavy atom. The van der Waals surface area contributed by atoms with E-state index in [1.54, 1.807) is 4.57 Å². The minimum absolute atomic E-state index is 0.000932. The summed E-state index contributed by atoms with van der Waals surface area (Å²) in [5, 5.41) is 21.1. The SMILES string of the molecule is COP(=O)(OC[C@H]1O[C@@H](n2cnc3c(=S)[nH]c(N)nc32)CC1O)OC1C[C@H](n2cnc3c(=S)[nH]c(N)nc32)O[C@@H]1COP(=O)(O)O[C@H](CO)COCCOCCOCCOc1c(C)c(C)c2c(c1C)CC[C@@](C)(CCC[C@H](C)CCC[C@H](C)CCCC(C)C)O2. The summed E-state index contributed by atoms with van der Waals surface area (Å²) < 4.78 is 102. The van der Waals surface area contributed by atoms with E-state index < -0.39 is 78.4 Å². The number of rotatable bonds is 38. The molecule has 5 aromatic rings. The molecule has 0 aliphatic carbocycles. The molecule has 0 amide bonds. The van der Waals surface area contributed by atoms with Crippen molar-refractivity contribution in [3.63, 3.8) is 0 Å². The second-order valence-corrected chi connectivity index (χ2v) is 28.6. The molecule has 7 heterocycles. The number of hydrogen-bond acceptors (Lipinski definition) is 24. The van der Waals surface area contributed by atoms with Crippen LogP contribution in [-0.2, 0) is 61.9 Å². The molecule has 9 N–H and O–H groups in total. The van der Waals surface area contributed by atoms with Gasteiger partial charge < -0.3 is 69.7 Å². The largest absolute Gasteiger partial charge is 0.491 e. The lowest BCUT2D eigenvalue weighted by Gasteiger charge is -2.38. The van der Waals surface area contributed by atoms with Gasteiger partial charge >= 0.3 is 15.6 Å². The van der Waals surface area contributed by atoms with Gasteiger partial charge in [-0.15, -0.1) is 0 Å². The number of nitrogens with zero attached hydrogens (tertiary/aromatic N) is 6. The highest BCUT2D eigenvalue weighted by molar-refractivity contribution is 7.71. The van der Waals surface area contributed by atoms with Crippen molar-refractivity contribution >= 4 is 74.3 Å². The number of aromatic amines is 2. The van der Waals surface area contributed by atoms with Crippen molar-refractivity contribution in [1.82, 2.24) is 39.0 Å². The van der Waals surface area contributed by atoms with Gasteiger partial charge in [-0.3, -0.25) is 31.8 Å². The van der Waals surface area contributed by atoms with E-state index in [4.69, 9.17) is 91.7 Å². The van der Waals surface area contributed by atoms with Crippen LogP contribution >= 0.6 is 40.1 Å². The number of aromatic nitrogens is 8. The maximum atomic E-state index is 14.2. The Kier molecular flexibility index (Phi) is 26.2. The molecule has 0 bridgehead atoms. The van der Waals surface area contributed by atoms with Crippen LogP contribution in [0.25, 0.3) is 22.3 Å². The summed E-state index contributed by atoms with van der Waals surface area (Å²) in [4.78, 5) is 33.6. The fourth-order valence-corrected chi connectivity index (χ4v) is 14.3. The molecule has 0 radical (unpaired) electrons. The van der Waals surface area contributed by atoms with Crippen LogP contribution in [-0.4, -0.2) is 163 Å². The van der Waals surface area contributed by atoms with Gasteiger partial charge in [-0.25, -0.2) is 19.1 Å². The number of phosphoric acid groups is 2. The highest BCUT2D eigenvalue weighted by atomic mass is 32.1. The summed E-state index contributed by atoms with van der Waals surface area (Å²) >= 11 is 10.7. The lowest BCUT2D eigenvalue weighted by atomic mass is 9.83. The first-order chi connectivity index (χ1) is 42.9. The van der Waals surface area contributed by atoms with Crippen molar-refractivity contribution < 1.29 is 80.0 Å². The van der Waals surface area contributed by atoms with E-state index in [-0.39, 0.29) is 71.7 Å². The zero-order chi connectivity index (χ0) is 64.9. The van der Waals surface area contributed by atoms with Crippen LogP contribution in [0.15, 0.2) is 12.7 Å². The monoisotopic (exact) mass is 1340 g/mol. The summed E-state index contributed by atoms with van der Waals surface area (Å²) in [7, 11) is -8.39. The first kappa shape index (κ1) is 71.7. The molecule has 0 spiro atoms. The van der Waals surface area contributed by atoms with Crippen molar-refractivity contribution in [2.45, 2.75) is 187 Å². The van der Waals surface area contributed by atoms with E-state index in [9.17, 15) is 24.2 Å². The van der Waals surface area contributed by atoms with Crippen LogP contribution in [0.5, 0.6) is 11.5 Å². The van der Waals surface area contributed by atoms with Gasteiger partial charge in [0.05, 0.1) is 78.2 Å². The predicted molar refractivity (Wildman–Crippen MR) is 341 cm³/mol.